The number of carbonyl (C=O) groups excluding carboxylic acids is 1. The fourth-order valence-corrected chi connectivity index (χ4v) is 3.40. The third-order valence-corrected chi connectivity index (χ3v) is 5.02. The summed E-state index contributed by atoms with van der Waals surface area (Å²) < 4.78 is 7.05. The van der Waals surface area contributed by atoms with E-state index in [1.165, 1.54) is 18.7 Å². The maximum absolute atomic E-state index is 12.2. The van der Waals surface area contributed by atoms with Gasteiger partial charge in [-0.3, -0.25) is 4.79 Å². The molecule has 0 amide bonds. The lowest BCUT2D eigenvalue weighted by Gasteiger charge is -2.10. The third kappa shape index (κ3) is 5.63. The Morgan fingerprint density at radius 3 is 2.70 bits per heavy atom. The van der Waals surface area contributed by atoms with Crippen LogP contribution in [0.2, 0.25) is 5.02 Å². The summed E-state index contributed by atoms with van der Waals surface area (Å²) in [5.41, 5.74) is 0.916. The van der Waals surface area contributed by atoms with Crippen LogP contribution >= 0.6 is 23.4 Å². The van der Waals surface area contributed by atoms with Crippen LogP contribution in [0.4, 0.5) is 0 Å². The van der Waals surface area contributed by atoms with Gasteiger partial charge in [0.2, 0.25) is 0 Å². The summed E-state index contributed by atoms with van der Waals surface area (Å²) in [5, 5.41) is 26.3. The van der Waals surface area contributed by atoms with Crippen molar-refractivity contribution in [3.8, 4) is 17.5 Å². The van der Waals surface area contributed by atoms with Gasteiger partial charge in [-0.15, -0.1) is 10.2 Å². The molecule has 0 radical (unpaired) electrons. The van der Waals surface area contributed by atoms with Crippen molar-refractivity contribution in [2.75, 3.05) is 19.5 Å². The standard InChI is InChI=1S/C18H20ClN5O2S/c1-12(21)15(10-20)16(25)11-27-18-23-22-17(24(18)8-3-9-26-2)13-4-6-14(19)7-5-13/h4-7,15,21H,3,8-9,11H2,1-2H3. The van der Waals surface area contributed by atoms with Crippen molar-refractivity contribution in [2.24, 2.45) is 5.92 Å². The van der Waals surface area contributed by atoms with Gasteiger partial charge in [-0.1, -0.05) is 23.4 Å². The molecule has 0 bridgehead atoms. The smallest absolute Gasteiger partial charge is 0.191 e. The number of ketones is 1. The molecule has 0 saturated carbocycles. The number of carbonyl (C=O) groups is 1. The monoisotopic (exact) mass is 405 g/mol. The summed E-state index contributed by atoms with van der Waals surface area (Å²) in [6, 6.07) is 9.17. The number of benzene rings is 1. The number of aromatic nitrogens is 3. The first-order valence-electron chi connectivity index (χ1n) is 8.26. The first-order valence-corrected chi connectivity index (χ1v) is 9.62. The van der Waals surface area contributed by atoms with E-state index in [0.29, 0.717) is 29.2 Å². The molecule has 9 heteroatoms. The molecular weight excluding hydrogens is 386 g/mol. The fraction of sp³-hybridized carbons (Fsp3) is 0.389. The maximum atomic E-state index is 12.2. The lowest BCUT2D eigenvalue weighted by atomic mass is 10.0. The third-order valence-electron chi connectivity index (χ3n) is 3.78. The minimum absolute atomic E-state index is 0.0477. The van der Waals surface area contributed by atoms with Gasteiger partial charge in [-0.25, -0.2) is 0 Å². The average molecular weight is 406 g/mol. The fourth-order valence-electron chi connectivity index (χ4n) is 2.41. The van der Waals surface area contributed by atoms with E-state index in [-0.39, 0.29) is 17.2 Å². The zero-order chi connectivity index (χ0) is 19.8. The number of halogens is 1. The summed E-state index contributed by atoms with van der Waals surface area (Å²) in [7, 11) is 1.64. The molecule has 7 nitrogen and oxygen atoms in total. The number of nitriles is 1. The Balaban J connectivity index is 2.22. The number of hydrogen-bond acceptors (Lipinski definition) is 7. The maximum Gasteiger partial charge on any atom is 0.191 e. The van der Waals surface area contributed by atoms with E-state index in [1.54, 1.807) is 19.2 Å². The van der Waals surface area contributed by atoms with Crippen molar-refractivity contribution < 1.29 is 9.53 Å². The second-order valence-electron chi connectivity index (χ2n) is 5.81. The van der Waals surface area contributed by atoms with Crippen LogP contribution in [0.1, 0.15) is 13.3 Å². The Kier molecular flexibility index (Phi) is 7.98. The normalized spacial score (nSPS) is 11.8. The number of nitrogens with zero attached hydrogens (tertiary/aromatic N) is 4. The number of hydrogen-bond donors (Lipinski definition) is 1. The molecule has 0 spiro atoms. The highest BCUT2D eigenvalue weighted by Crippen LogP contribution is 2.26. The van der Waals surface area contributed by atoms with Crippen LogP contribution in [0.15, 0.2) is 29.4 Å². The largest absolute Gasteiger partial charge is 0.385 e. The first-order chi connectivity index (χ1) is 13.0. The molecule has 0 aliphatic rings. The SMILES string of the molecule is COCCCn1c(SCC(=O)C(C#N)C(C)=N)nnc1-c1ccc(Cl)cc1. The molecule has 1 heterocycles. The minimum atomic E-state index is -1.02. The van der Waals surface area contributed by atoms with Crippen molar-refractivity contribution in [1.29, 1.82) is 10.7 Å². The Labute approximate surface area is 167 Å². The van der Waals surface area contributed by atoms with E-state index >= 15 is 0 Å². The van der Waals surface area contributed by atoms with E-state index in [9.17, 15) is 4.79 Å². The number of Topliss-reactive ketones (excluding diaryl/α,β-unsaturated/α-hetero) is 1. The number of rotatable bonds is 10. The van der Waals surface area contributed by atoms with Gasteiger partial charge in [-0.2, -0.15) is 5.26 Å². The van der Waals surface area contributed by atoms with Crippen LogP contribution < -0.4 is 0 Å². The minimum Gasteiger partial charge on any atom is -0.385 e. The Morgan fingerprint density at radius 1 is 1.41 bits per heavy atom. The Bertz CT molecular complexity index is 844. The van der Waals surface area contributed by atoms with E-state index < -0.39 is 5.92 Å². The van der Waals surface area contributed by atoms with Gasteiger partial charge in [0.25, 0.3) is 0 Å². The predicted molar refractivity (Wildman–Crippen MR) is 105 cm³/mol. The molecule has 1 aromatic heterocycles. The summed E-state index contributed by atoms with van der Waals surface area (Å²) in [5.74, 6) is -0.595. The van der Waals surface area contributed by atoms with Crippen molar-refractivity contribution >= 4 is 34.9 Å². The van der Waals surface area contributed by atoms with Gasteiger partial charge in [0.1, 0.15) is 5.92 Å². The number of methoxy groups -OCH3 is 1. The van der Waals surface area contributed by atoms with Crippen LogP contribution in [0.25, 0.3) is 11.4 Å². The van der Waals surface area contributed by atoms with Gasteiger partial charge in [0.15, 0.2) is 16.8 Å². The Morgan fingerprint density at radius 2 is 2.11 bits per heavy atom. The van der Waals surface area contributed by atoms with E-state index in [0.717, 1.165) is 12.0 Å². The number of ether oxygens (including phenoxy) is 1. The average Bonchev–Trinajstić information content (AvgIpc) is 3.04. The molecule has 0 aliphatic heterocycles. The van der Waals surface area contributed by atoms with E-state index in [4.69, 9.17) is 27.0 Å². The van der Waals surface area contributed by atoms with Crippen molar-refractivity contribution in [3.63, 3.8) is 0 Å². The second-order valence-corrected chi connectivity index (χ2v) is 7.19. The quantitative estimate of drug-likeness (QED) is 0.368. The first kappa shape index (κ1) is 21.1. The molecule has 27 heavy (non-hydrogen) atoms. The summed E-state index contributed by atoms with van der Waals surface area (Å²) in [6.45, 7) is 2.67. The zero-order valence-electron chi connectivity index (χ0n) is 15.1. The zero-order valence-corrected chi connectivity index (χ0v) is 16.7. The van der Waals surface area contributed by atoms with Gasteiger partial charge >= 0.3 is 0 Å². The molecule has 142 valence electrons. The predicted octanol–water partition coefficient (Wildman–Crippen LogP) is 3.48. The molecule has 1 N–H and O–H groups in total. The van der Waals surface area contributed by atoms with Crippen molar-refractivity contribution in [1.82, 2.24) is 14.8 Å². The lowest BCUT2D eigenvalue weighted by Crippen LogP contribution is -2.21. The van der Waals surface area contributed by atoms with E-state index in [2.05, 4.69) is 10.2 Å². The summed E-state index contributed by atoms with van der Waals surface area (Å²) >= 11 is 7.17. The van der Waals surface area contributed by atoms with Crippen molar-refractivity contribution in [2.45, 2.75) is 25.0 Å². The number of thioether (sulfide) groups is 1. The van der Waals surface area contributed by atoms with Crippen LogP contribution in [0, 0.1) is 22.7 Å². The van der Waals surface area contributed by atoms with Crippen LogP contribution in [0.5, 0.6) is 0 Å². The number of nitrogens with one attached hydrogen (secondary N) is 1. The molecule has 0 aliphatic carbocycles. The van der Waals surface area contributed by atoms with Gasteiger partial charge in [0, 0.05) is 36.6 Å². The van der Waals surface area contributed by atoms with Gasteiger partial charge < -0.3 is 14.7 Å². The topological polar surface area (TPSA) is 105 Å². The molecule has 0 fully saturated rings. The van der Waals surface area contributed by atoms with Crippen molar-refractivity contribution in [3.05, 3.63) is 29.3 Å². The van der Waals surface area contributed by atoms with E-state index in [1.807, 2.05) is 22.8 Å². The molecule has 1 aromatic carbocycles. The molecule has 2 aromatic rings. The van der Waals surface area contributed by atoms with Gasteiger partial charge in [0.05, 0.1) is 11.8 Å². The highest BCUT2D eigenvalue weighted by Gasteiger charge is 2.22. The highest BCUT2D eigenvalue weighted by atomic mass is 35.5. The summed E-state index contributed by atoms with van der Waals surface area (Å²) in [4.78, 5) is 12.2. The molecule has 1 unspecified atom stereocenters. The van der Waals surface area contributed by atoms with Crippen LogP contribution in [-0.4, -0.2) is 45.7 Å². The molecule has 2 rings (SSSR count). The highest BCUT2D eigenvalue weighted by molar-refractivity contribution is 7.99. The van der Waals surface area contributed by atoms with Crippen LogP contribution in [0.3, 0.4) is 0 Å². The second kappa shape index (κ2) is 10.2. The van der Waals surface area contributed by atoms with Crippen LogP contribution in [-0.2, 0) is 16.1 Å². The molecule has 0 saturated heterocycles. The lowest BCUT2D eigenvalue weighted by molar-refractivity contribution is -0.117. The van der Waals surface area contributed by atoms with Gasteiger partial charge in [-0.05, 0) is 37.6 Å². The molecule has 1 atom stereocenters. The Hall–Kier alpha value is -2.21. The summed E-state index contributed by atoms with van der Waals surface area (Å²) in [6.07, 6.45) is 0.761. The molecular formula is C18H20ClN5O2S.